The highest BCUT2D eigenvalue weighted by Gasteiger charge is 2.46. The van der Waals surface area contributed by atoms with Gasteiger partial charge in [0.1, 0.15) is 67.1 Å². The Bertz CT molecular complexity index is 2470. The zero-order valence-electron chi connectivity index (χ0n) is 60.5. The van der Waals surface area contributed by atoms with Crippen LogP contribution in [0.2, 0.25) is 0 Å². The fourth-order valence-electron chi connectivity index (χ4n) is 10.9. The lowest BCUT2D eigenvalue weighted by atomic mass is 9.91. The molecule has 0 aliphatic carbocycles. The summed E-state index contributed by atoms with van der Waals surface area (Å²) in [5, 5.41) is 13.9. The summed E-state index contributed by atoms with van der Waals surface area (Å²) in [6, 6.07) is -11.6. The van der Waals surface area contributed by atoms with Crippen molar-refractivity contribution in [3.8, 4) is 0 Å². The molecule has 92 heavy (non-hydrogen) atoms. The Morgan fingerprint density at radius 1 is 0.500 bits per heavy atom. The van der Waals surface area contributed by atoms with Gasteiger partial charge in [-0.05, 0) is 95.4 Å². The van der Waals surface area contributed by atoms with Gasteiger partial charge in [-0.25, -0.2) is 4.79 Å². The number of hydrogen-bond donors (Lipinski definition) is 5. The summed E-state index contributed by atoms with van der Waals surface area (Å²) < 4.78 is 16.5. The van der Waals surface area contributed by atoms with Crippen LogP contribution in [0.4, 0.5) is 0 Å². The van der Waals surface area contributed by atoms with Gasteiger partial charge in [0.05, 0.1) is 19.2 Å². The smallest absolute Gasteiger partial charge is 0.328 e. The van der Waals surface area contributed by atoms with Crippen molar-refractivity contribution in [2.24, 2.45) is 41.4 Å². The normalized spacial score (nSPS) is 15.9. The van der Waals surface area contributed by atoms with Gasteiger partial charge in [-0.1, -0.05) is 102 Å². The molecule has 0 saturated heterocycles. The number of rotatable bonds is 40. The van der Waals surface area contributed by atoms with Crippen molar-refractivity contribution in [2.75, 3.05) is 76.2 Å². The van der Waals surface area contributed by atoms with Crippen LogP contribution in [0.1, 0.15) is 157 Å². The molecule has 10 amide bonds. The Balaban J connectivity index is 7.14. The van der Waals surface area contributed by atoms with E-state index in [0.29, 0.717) is 13.0 Å². The fourth-order valence-corrected chi connectivity index (χ4v) is 10.9. The average Bonchev–Trinajstić information content (AvgIpc) is 0.811. The predicted molar refractivity (Wildman–Crippen MR) is 352 cm³/mol. The van der Waals surface area contributed by atoms with Crippen LogP contribution in [-0.4, -0.2) is 243 Å². The molecule has 0 aromatic rings. The quantitative estimate of drug-likeness (QED) is 0.0434. The first kappa shape index (κ1) is 85.3. The van der Waals surface area contributed by atoms with E-state index in [4.69, 9.17) is 14.2 Å². The van der Waals surface area contributed by atoms with E-state index >= 15 is 14.4 Å². The molecule has 0 radical (unpaired) electrons. The van der Waals surface area contributed by atoms with E-state index < -0.39 is 143 Å². The summed E-state index contributed by atoms with van der Waals surface area (Å²) in [5.74, 6) is -9.73. The van der Waals surface area contributed by atoms with Crippen LogP contribution < -0.4 is 26.6 Å². The number of amides is 10. The molecule has 0 fully saturated rings. The molecule has 26 heteroatoms. The zero-order chi connectivity index (χ0) is 71.5. The lowest BCUT2D eigenvalue weighted by Gasteiger charge is -2.42. The predicted octanol–water partition coefficient (Wildman–Crippen LogP) is 3.39. The molecule has 0 aliphatic rings. The third kappa shape index (κ3) is 26.4. The largest absolute Gasteiger partial charge is 0.462 e. The highest BCUT2D eigenvalue weighted by Crippen LogP contribution is 2.27. The number of esters is 2. The lowest BCUT2D eigenvalue weighted by Crippen LogP contribution is -2.63. The molecule has 13 unspecified atom stereocenters. The topological polar surface area (TPSA) is 312 Å². The molecule has 0 heterocycles. The summed E-state index contributed by atoms with van der Waals surface area (Å²) in [6.07, 6.45) is 3.19. The van der Waals surface area contributed by atoms with Crippen molar-refractivity contribution in [3.63, 3.8) is 0 Å². The highest BCUT2D eigenvalue weighted by molar-refractivity contribution is 5.98. The van der Waals surface area contributed by atoms with Gasteiger partial charge in [-0.15, -0.1) is 0 Å². The van der Waals surface area contributed by atoms with Gasteiger partial charge >= 0.3 is 11.9 Å². The molecule has 13 atom stereocenters. The number of nitrogens with zero attached hydrogens (tertiary/aromatic N) is 6. The molecular weight excluding hydrogens is 1190 g/mol. The molecule has 0 spiro atoms. The van der Waals surface area contributed by atoms with Crippen LogP contribution in [0.5, 0.6) is 0 Å². The van der Waals surface area contributed by atoms with Crippen molar-refractivity contribution in [1.29, 1.82) is 0 Å². The van der Waals surface area contributed by atoms with E-state index in [0.717, 1.165) is 4.90 Å². The Labute approximate surface area is 549 Å². The number of methoxy groups -OCH3 is 1. The van der Waals surface area contributed by atoms with Crippen LogP contribution in [0.3, 0.4) is 0 Å². The standard InChI is InChI=1S/C66H119N11O15/c1-27-29-30-42(13)56(92-47(18)79)55(60(83)70-48(28-2)66(89)91-32-31-72(20)46(17)78)77(25)65(88)54(41(11)12)76(24)63(86)51(35-39(7)8)75(23)62(85)50(34-38(5)6)74(22)61(84)45(16)69-57(80)44(15)68-58(81)49(33-37(3)4)73(21)64(87)52(40(9)10)71-59(82)53(67-19)43(14)36-90-26/h27,29,37-45,48-56,67H,28,30-36H2,1-26H3,(H,68,81)(H,69,80)(H,70,83)(H,71,82). The monoisotopic (exact) mass is 1310 g/mol. The summed E-state index contributed by atoms with van der Waals surface area (Å²) >= 11 is 0. The third-order valence-corrected chi connectivity index (χ3v) is 16.5. The first-order valence-corrected chi connectivity index (χ1v) is 32.5. The number of likely N-dealkylation sites (N-methyl/N-ethyl adjacent to an activating group) is 7. The fraction of sp³-hybridized carbons (Fsp3) is 0.788. The number of carbonyl (C=O) groups is 12. The van der Waals surface area contributed by atoms with Crippen molar-refractivity contribution >= 4 is 71.0 Å². The molecule has 0 rings (SSSR count). The maximum absolute atomic E-state index is 15.2. The first-order chi connectivity index (χ1) is 42.6. The molecule has 0 aromatic heterocycles. The van der Waals surface area contributed by atoms with Gasteiger partial charge in [0, 0.05) is 69.2 Å². The Kier molecular flexibility index (Phi) is 38.1. The Morgan fingerprint density at radius 2 is 0.978 bits per heavy atom. The van der Waals surface area contributed by atoms with Gasteiger partial charge in [-0.2, -0.15) is 0 Å². The third-order valence-electron chi connectivity index (χ3n) is 16.5. The summed E-state index contributed by atoms with van der Waals surface area (Å²) in [5.41, 5.74) is 0. The minimum atomic E-state index is -1.55. The molecule has 0 aliphatic heterocycles. The second-order valence-corrected chi connectivity index (χ2v) is 26.6. The number of ether oxygens (including phenoxy) is 3. The Hall–Kier alpha value is -6.70. The van der Waals surface area contributed by atoms with E-state index in [1.165, 1.54) is 94.5 Å². The van der Waals surface area contributed by atoms with E-state index in [9.17, 15) is 43.2 Å². The second-order valence-electron chi connectivity index (χ2n) is 26.6. The van der Waals surface area contributed by atoms with Crippen LogP contribution in [0.15, 0.2) is 12.2 Å². The van der Waals surface area contributed by atoms with Gasteiger partial charge in [0.2, 0.25) is 59.1 Å². The molecule has 0 saturated carbocycles. The Morgan fingerprint density at radius 3 is 1.42 bits per heavy atom. The van der Waals surface area contributed by atoms with E-state index in [-0.39, 0.29) is 74.3 Å². The van der Waals surface area contributed by atoms with Crippen LogP contribution in [0, 0.1) is 41.4 Å². The van der Waals surface area contributed by atoms with Gasteiger partial charge in [0.25, 0.3) is 0 Å². The van der Waals surface area contributed by atoms with E-state index in [1.807, 2.05) is 54.5 Å². The van der Waals surface area contributed by atoms with Crippen molar-refractivity contribution in [3.05, 3.63) is 12.2 Å². The molecule has 26 nitrogen and oxygen atoms in total. The SMILES string of the molecule is CC=CCC(C)C(OC(C)=O)C(C(=O)NC(CC)C(=O)OCCN(C)C(C)=O)N(C)C(=O)C(C(C)C)N(C)C(=O)C(CC(C)C)N(C)C(=O)C(CC(C)C)N(C)C(=O)C(C)NC(=O)C(C)NC(=O)C(CC(C)C)N(C)C(=O)C(NC(=O)C(NC)C(C)COC)C(C)C. The van der Waals surface area contributed by atoms with Crippen molar-refractivity contribution in [1.82, 2.24) is 56.0 Å². The van der Waals surface area contributed by atoms with E-state index in [1.54, 1.807) is 68.6 Å². The highest BCUT2D eigenvalue weighted by atomic mass is 16.5. The molecule has 5 N–H and O–H groups in total. The molecule has 0 bridgehead atoms. The number of carbonyl (C=O) groups excluding carboxylic acids is 12. The minimum Gasteiger partial charge on any atom is -0.462 e. The summed E-state index contributed by atoms with van der Waals surface area (Å²) in [6.45, 7) is 30.9. The van der Waals surface area contributed by atoms with Crippen LogP contribution in [0.25, 0.3) is 0 Å². The van der Waals surface area contributed by atoms with Gasteiger partial charge < -0.3 is 70.2 Å². The zero-order valence-corrected chi connectivity index (χ0v) is 60.5. The number of allylic oxidation sites excluding steroid dienone is 2. The minimum absolute atomic E-state index is 0.0701. The number of hydrogen-bond acceptors (Lipinski definition) is 16. The number of nitrogens with one attached hydrogen (secondary N) is 5. The van der Waals surface area contributed by atoms with Crippen molar-refractivity contribution in [2.45, 2.75) is 223 Å². The summed E-state index contributed by atoms with van der Waals surface area (Å²) in [7, 11) is 11.9. The molecular formula is C66H119N11O15. The summed E-state index contributed by atoms with van der Waals surface area (Å²) in [4.78, 5) is 176. The first-order valence-electron chi connectivity index (χ1n) is 32.5. The van der Waals surface area contributed by atoms with Gasteiger partial charge in [-0.3, -0.25) is 52.7 Å². The van der Waals surface area contributed by atoms with E-state index in [2.05, 4.69) is 26.6 Å². The van der Waals surface area contributed by atoms with Crippen LogP contribution >= 0.6 is 0 Å². The van der Waals surface area contributed by atoms with Crippen LogP contribution in [-0.2, 0) is 71.7 Å². The van der Waals surface area contributed by atoms with Gasteiger partial charge in [0.15, 0.2) is 0 Å². The molecule has 528 valence electrons. The molecule has 0 aromatic carbocycles. The maximum Gasteiger partial charge on any atom is 0.328 e. The van der Waals surface area contributed by atoms with Crippen molar-refractivity contribution < 1.29 is 71.7 Å². The maximum atomic E-state index is 15.2. The second kappa shape index (κ2) is 41.1. The lowest BCUT2D eigenvalue weighted by molar-refractivity contribution is -0.164. The average molecular weight is 1310 g/mol.